The summed E-state index contributed by atoms with van der Waals surface area (Å²) in [5, 5.41) is 4.06. The van der Waals surface area contributed by atoms with Gasteiger partial charge in [-0.1, -0.05) is 18.2 Å². The molecule has 5 heteroatoms. The molecule has 1 amide bonds. The molecule has 0 unspecified atom stereocenters. The monoisotopic (exact) mass is 352 g/mol. The third-order valence-corrected chi connectivity index (χ3v) is 4.62. The minimum Gasteiger partial charge on any atom is -0.497 e. The van der Waals surface area contributed by atoms with Crippen molar-refractivity contribution >= 4 is 12.1 Å². The van der Waals surface area contributed by atoms with Crippen molar-refractivity contribution < 1.29 is 14.3 Å². The predicted octanol–water partition coefficient (Wildman–Crippen LogP) is 3.28. The van der Waals surface area contributed by atoms with Crippen molar-refractivity contribution in [3.05, 3.63) is 58.7 Å². The molecule has 0 aliphatic heterocycles. The highest BCUT2D eigenvalue weighted by Gasteiger charge is 2.14. The van der Waals surface area contributed by atoms with E-state index in [4.69, 9.17) is 9.47 Å². The number of carbonyl (C=O) groups is 1. The second kappa shape index (κ2) is 8.52. The molecule has 1 aliphatic carbocycles. The molecule has 0 saturated carbocycles. The van der Waals surface area contributed by atoms with E-state index in [2.05, 4.69) is 16.6 Å². The van der Waals surface area contributed by atoms with Crippen LogP contribution >= 0.6 is 0 Å². The van der Waals surface area contributed by atoms with E-state index in [0.29, 0.717) is 17.9 Å². The Balaban J connectivity index is 1.64. The average Bonchev–Trinajstić information content (AvgIpc) is 2.68. The minimum atomic E-state index is -0.116. The van der Waals surface area contributed by atoms with Crippen molar-refractivity contribution in [3.8, 4) is 11.5 Å². The Bertz CT molecular complexity index is 793. The van der Waals surface area contributed by atoms with Crippen LogP contribution in [0.2, 0.25) is 0 Å². The second-order valence-electron chi connectivity index (χ2n) is 6.38. The van der Waals surface area contributed by atoms with Crippen molar-refractivity contribution in [2.24, 2.45) is 5.10 Å². The third-order valence-electron chi connectivity index (χ3n) is 4.62. The van der Waals surface area contributed by atoms with Crippen LogP contribution in [-0.4, -0.2) is 26.3 Å². The quantitative estimate of drug-likeness (QED) is 0.641. The van der Waals surface area contributed by atoms with E-state index in [-0.39, 0.29) is 5.91 Å². The van der Waals surface area contributed by atoms with Crippen LogP contribution in [0.15, 0.2) is 41.5 Å². The summed E-state index contributed by atoms with van der Waals surface area (Å²) in [4.78, 5) is 12.3. The van der Waals surface area contributed by atoms with E-state index in [1.807, 2.05) is 24.3 Å². The highest BCUT2D eigenvalue weighted by Crippen LogP contribution is 2.25. The molecule has 136 valence electrons. The number of hydrogen-bond donors (Lipinski definition) is 1. The summed E-state index contributed by atoms with van der Waals surface area (Å²) in [6.45, 7) is 0. The van der Waals surface area contributed by atoms with Gasteiger partial charge in [0, 0.05) is 11.6 Å². The van der Waals surface area contributed by atoms with Gasteiger partial charge in [-0.2, -0.15) is 5.10 Å². The number of hydrogen-bond acceptors (Lipinski definition) is 4. The van der Waals surface area contributed by atoms with Gasteiger partial charge in [0.2, 0.25) is 5.91 Å². The zero-order valence-electron chi connectivity index (χ0n) is 15.2. The van der Waals surface area contributed by atoms with E-state index in [0.717, 1.165) is 24.0 Å². The van der Waals surface area contributed by atoms with Crippen LogP contribution in [0.5, 0.6) is 11.5 Å². The summed E-state index contributed by atoms with van der Waals surface area (Å²) >= 11 is 0. The normalized spacial score (nSPS) is 13.3. The Hall–Kier alpha value is -2.82. The van der Waals surface area contributed by atoms with Crippen molar-refractivity contribution in [2.45, 2.75) is 32.1 Å². The molecule has 26 heavy (non-hydrogen) atoms. The first-order valence-electron chi connectivity index (χ1n) is 8.84. The first-order chi connectivity index (χ1) is 12.7. The minimum absolute atomic E-state index is 0.116. The van der Waals surface area contributed by atoms with Gasteiger partial charge in [0.25, 0.3) is 0 Å². The molecule has 0 heterocycles. The molecular weight excluding hydrogens is 328 g/mol. The van der Waals surface area contributed by atoms with Gasteiger partial charge in [-0.3, -0.25) is 4.79 Å². The Labute approximate surface area is 154 Å². The number of benzene rings is 2. The maximum absolute atomic E-state index is 12.3. The van der Waals surface area contributed by atoms with Gasteiger partial charge in [-0.15, -0.1) is 0 Å². The molecule has 1 N–H and O–H groups in total. The molecule has 0 spiro atoms. The van der Waals surface area contributed by atoms with Crippen LogP contribution in [0.4, 0.5) is 0 Å². The van der Waals surface area contributed by atoms with Crippen molar-refractivity contribution in [3.63, 3.8) is 0 Å². The van der Waals surface area contributed by atoms with E-state index in [1.54, 1.807) is 26.5 Å². The van der Waals surface area contributed by atoms with E-state index >= 15 is 0 Å². The summed E-state index contributed by atoms with van der Waals surface area (Å²) in [5.74, 6) is 1.23. The Morgan fingerprint density at radius 1 is 1.12 bits per heavy atom. The molecule has 0 fully saturated rings. The first kappa shape index (κ1) is 18.0. The Kier molecular flexibility index (Phi) is 5.89. The lowest BCUT2D eigenvalue weighted by Crippen LogP contribution is -2.21. The molecule has 0 saturated heterocycles. The van der Waals surface area contributed by atoms with Crippen LogP contribution in [0.25, 0.3) is 0 Å². The lowest BCUT2D eigenvalue weighted by Gasteiger charge is -2.18. The Morgan fingerprint density at radius 2 is 1.85 bits per heavy atom. The zero-order chi connectivity index (χ0) is 18.4. The van der Waals surface area contributed by atoms with Gasteiger partial charge in [-0.05, 0) is 54.5 Å². The van der Waals surface area contributed by atoms with Gasteiger partial charge >= 0.3 is 0 Å². The number of aryl methyl sites for hydroxylation is 1. The van der Waals surface area contributed by atoms with E-state index in [9.17, 15) is 4.79 Å². The number of nitrogens with one attached hydrogen (secondary N) is 1. The first-order valence-corrected chi connectivity index (χ1v) is 8.84. The highest BCUT2D eigenvalue weighted by molar-refractivity contribution is 5.84. The topological polar surface area (TPSA) is 59.9 Å². The molecule has 2 aromatic rings. The van der Waals surface area contributed by atoms with Gasteiger partial charge in [0.15, 0.2) is 0 Å². The fourth-order valence-corrected chi connectivity index (χ4v) is 3.32. The lowest BCUT2D eigenvalue weighted by atomic mass is 9.87. The van der Waals surface area contributed by atoms with Crippen LogP contribution in [0.1, 0.15) is 35.1 Å². The highest BCUT2D eigenvalue weighted by atomic mass is 16.5. The fourth-order valence-electron chi connectivity index (χ4n) is 3.32. The van der Waals surface area contributed by atoms with Gasteiger partial charge in [0.1, 0.15) is 11.5 Å². The Morgan fingerprint density at radius 3 is 2.58 bits per heavy atom. The standard InChI is InChI=1S/C21H24N2O3/c1-25-18-10-15(11-19(13-18)26-2)14-22-23-21(24)12-17-8-5-7-16-6-3-4-9-20(16)17/h5,7-8,10-11,13-14H,3-4,6,9,12H2,1-2H3,(H,23,24)/b22-14+. The summed E-state index contributed by atoms with van der Waals surface area (Å²) < 4.78 is 10.5. The predicted molar refractivity (Wildman–Crippen MR) is 102 cm³/mol. The van der Waals surface area contributed by atoms with Crippen LogP contribution in [0, 0.1) is 0 Å². The molecule has 1 aliphatic rings. The second-order valence-corrected chi connectivity index (χ2v) is 6.38. The number of methoxy groups -OCH3 is 2. The smallest absolute Gasteiger partial charge is 0.244 e. The van der Waals surface area contributed by atoms with Gasteiger partial charge in [-0.25, -0.2) is 5.43 Å². The van der Waals surface area contributed by atoms with Crippen LogP contribution in [-0.2, 0) is 24.1 Å². The molecule has 0 radical (unpaired) electrons. The maximum atomic E-state index is 12.3. The van der Waals surface area contributed by atoms with E-state index in [1.165, 1.54) is 24.0 Å². The lowest BCUT2D eigenvalue weighted by molar-refractivity contribution is -0.120. The zero-order valence-corrected chi connectivity index (χ0v) is 15.2. The maximum Gasteiger partial charge on any atom is 0.244 e. The summed E-state index contributed by atoms with van der Waals surface area (Å²) in [7, 11) is 3.19. The number of hydrazone groups is 1. The van der Waals surface area contributed by atoms with E-state index < -0.39 is 0 Å². The van der Waals surface area contributed by atoms with Crippen molar-refractivity contribution in [1.82, 2.24) is 5.43 Å². The third kappa shape index (κ3) is 4.42. The van der Waals surface area contributed by atoms with Crippen LogP contribution in [0.3, 0.4) is 0 Å². The summed E-state index contributed by atoms with van der Waals surface area (Å²) in [6, 6.07) is 11.7. The average molecular weight is 352 g/mol. The van der Waals surface area contributed by atoms with Crippen molar-refractivity contribution in [1.29, 1.82) is 0 Å². The molecule has 0 aromatic heterocycles. The van der Waals surface area contributed by atoms with Gasteiger partial charge < -0.3 is 9.47 Å². The number of amides is 1. The molecular formula is C21H24N2O3. The fraction of sp³-hybridized carbons (Fsp3) is 0.333. The van der Waals surface area contributed by atoms with Crippen LogP contribution < -0.4 is 14.9 Å². The van der Waals surface area contributed by atoms with Crippen molar-refractivity contribution in [2.75, 3.05) is 14.2 Å². The molecule has 3 rings (SSSR count). The SMILES string of the molecule is COc1cc(/C=N/NC(=O)Cc2cccc3c2CCCC3)cc(OC)c1. The largest absolute Gasteiger partial charge is 0.497 e. The number of rotatable bonds is 6. The number of fused-ring (bicyclic) bond motifs is 1. The molecule has 5 nitrogen and oxygen atoms in total. The molecule has 0 atom stereocenters. The summed E-state index contributed by atoms with van der Waals surface area (Å²) in [5.41, 5.74) is 7.24. The number of ether oxygens (including phenoxy) is 2. The number of carbonyl (C=O) groups excluding carboxylic acids is 1. The van der Waals surface area contributed by atoms with Gasteiger partial charge in [0.05, 0.1) is 26.9 Å². The molecule has 2 aromatic carbocycles. The summed E-state index contributed by atoms with van der Waals surface area (Å²) in [6.07, 6.45) is 6.54. The molecule has 0 bridgehead atoms. The number of nitrogens with zero attached hydrogens (tertiary/aromatic N) is 1.